The van der Waals surface area contributed by atoms with Gasteiger partial charge >= 0.3 is 8.80 Å². The van der Waals surface area contributed by atoms with Crippen LogP contribution in [0.15, 0.2) is 0 Å². The SMILES string of the molecule is CO[Si](OC)(OC)C1CCOCC1. The minimum Gasteiger partial charge on any atom is -0.381 e. The molecule has 0 spiro atoms. The van der Waals surface area contributed by atoms with E-state index in [4.69, 9.17) is 18.0 Å². The van der Waals surface area contributed by atoms with Crippen molar-refractivity contribution in [3.05, 3.63) is 0 Å². The lowest BCUT2D eigenvalue weighted by molar-refractivity contribution is 0.0553. The molecule has 13 heavy (non-hydrogen) atoms. The van der Waals surface area contributed by atoms with E-state index in [0.29, 0.717) is 5.54 Å². The van der Waals surface area contributed by atoms with Crippen molar-refractivity contribution < 1.29 is 18.0 Å². The van der Waals surface area contributed by atoms with Gasteiger partial charge < -0.3 is 18.0 Å². The van der Waals surface area contributed by atoms with Gasteiger partial charge in [0.1, 0.15) is 0 Å². The third-order valence-corrected chi connectivity index (χ3v) is 5.86. The standard InChI is InChI=1S/C8H18O4Si/c1-9-13(10-2,11-3)8-4-6-12-7-5-8/h8H,4-7H2,1-3H3. The van der Waals surface area contributed by atoms with E-state index in [-0.39, 0.29) is 0 Å². The second kappa shape index (κ2) is 5.07. The number of rotatable bonds is 4. The molecule has 78 valence electrons. The average molecular weight is 206 g/mol. The molecule has 0 N–H and O–H groups in total. The van der Waals surface area contributed by atoms with Gasteiger partial charge in [0, 0.05) is 40.1 Å². The number of ether oxygens (including phenoxy) is 1. The fourth-order valence-electron chi connectivity index (χ4n) is 1.80. The Kier molecular flexibility index (Phi) is 4.34. The van der Waals surface area contributed by atoms with Gasteiger partial charge in [0.15, 0.2) is 0 Å². The van der Waals surface area contributed by atoms with Crippen LogP contribution in [0.2, 0.25) is 5.54 Å². The molecule has 1 heterocycles. The lowest BCUT2D eigenvalue weighted by Crippen LogP contribution is -2.49. The molecule has 0 saturated carbocycles. The van der Waals surface area contributed by atoms with E-state index >= 15 is 0 Å². The van der Waals surface area contributed by atoms with Crippen molar-refractivity contribution >= 4 is 8.80 Å². The Bertz CT molecular complexity index is 135. The van der Waals surface area contributed by atoms with Gasteiger partial charge in [-0.05, 0) is 12.8 Å². The van der Waals surface area contributed by atoms with Crippen molar-refractivity contribution in [1.82, 2.24) is 0 Å². The Morgan fingerprint density at radius 1 is 1.00 bits per heavy atom. The Balaban J connectivity index is 2.60. The molecule has 1 fully saturated rings. The first kappa shape index (κ1) is 11.1. The smallest absolute Gasteiger partial charge is 0.381 e. The molecular formula is C8H18O4Si. The molecule has 0 radical (unpaired) electrons. The molecule has 0 bridgehead atoms. The molecule has 0 aromatic rings. The molecule has 1 saturated heterocycles. The zero-order chi connectivity index (χ0) is 9.73. The molecule has 0 atom stereocenters. The second-order valence-electron chi connectivity index (χ2n) is 3.10. The molecule has 4 nitrogen and oxygen atoms in total. The van der Waals surface area contributed by atoms with Crippen LogP contribution < -0.4 is 0 Å². The maximum absolute atomic E-state index is 5.41. The van der Waals surface area contributed by atoms with Crippen LogP contribution in [0, 0.1) is 0 Å². The fourth-order valence-corrected chi connectivity index (χ4v) is 4.24. The fraction of sp³-hybridized carbons (Fsp3) is 1.00. The molecule has 0 aromatic carbocycles. The quantitative estimate of drug-likeness (QED) is 0.644. The third kappa shape index (κ3) is 2.29. The summed E-state index contributed by atoms with van der Waals surface area (Å²) in [5.41, 5.74) is 0.390. The van der Waals surface area contributed by atoms with Gasteiger partial charge in [-0.25, -0.2) is 0 Å². The van der Waals surface area contributed by atoms with Gasteiger partial charge in [-0.15, -0.1) is 0 Å². The summed E-state index contributed by atoms with van der Waals surface area (Å²) in [5.74, 6) is 0. The van der Waals surface area contributed by atoms with Crippen molar-refractivity contribution in [1.29, 1.82) is 0 Å². The van der Waals surface area contributed by atoms with Crippen LogP contribution >= 0.6 is 0 Å². The minimum atomic E-state index is -2.40. The van der Waals surface area contributed by atoms with Crippen molar-refractivity contribution in [2.24, 2.45) is 0 Å². The van der Waals surface area contributed by atoms with E-state index in [1.54, 1.807) is 21.3 Å². The third-order valence-electron chi connectivity index (χ3n) is 2.57. The van der Waals surface area contributed by atoms with Gasteiger partial charge in [0.05, 0.1) is 0 Å². The van der Waals surface area contributed by atoms with Crippen LogP contribution in [0.3, 0.4) is 0 Å². The van der Waals surface area contributed by atoms with E-state index in [0.717, 1.165) is 26.1 Å². The molecular weight excluding hydrogens is 188 g/mol. The molecule has 1 aliphatic heterocycles. The van der Waals surface area contributed by atoms with Crippen LogP contribution in [-0.2, 0) is 18.0 Å². The van der Waals surface area contributed by atoms with E-state index in [1.807, 2.05) is 0 Å². The molecule has 0 unspecified atom stereocenters. The predicted molar refractivity (Wildman–Crippen MR) is 50.6 cm³/mol. The Morgan fingerprint density at radius 2 is 1.46 bits per heavy atom. The van der Waals surface area contributed by atoms with Gasteiger partial charge in [0.2, 0.25) is 0 Å². The van der Waals surface area contributed by atoms with Crippen LogP contribution in [0.5, 0.6) is 0 Å². The summed E-state index contributed by atoms with van der Waals surface area (Å²) >= 11 is 0. The summed E-state index contributed by atoms with van der Waals surface area (Å²) in [6.07, 6.45) is 1.95. The predicted octanol–water partition coefficient (Wildman–Crippen LogP) is 1.05. The van der Waals surface area contributed by atoms with Crippen molar-refractivity contribution in [2.45, 2.75) is 18.4 Å². The monoisotopic (exact) mass is 206 g/mol. The van der Waals surface area contributed by atoms with Crippen LogP contribution in [0.1, 0.15) is 12.8 Å². The van der Waals surface area contributed by atoms with Crippen molar-refractivity contribution in [2.75, 3.05) is 34.5 Å². The summed E-state index contributed by atoms with van der Waals surface area (Å²) in [5, 5.41) is 0. The first-order chi connectivity index (χ1) is 6.29. The molecule has 0 aliphatic carbocycles. The van der Waals surface area contributed by atoms with Gasteiger partial charge in [-0.3, -0.25) is 0 Å². The largest absolute Gasteiger partial charge is 0.503 e. The molecule has 0 aromatic heterocycles. The normalized spacial score (nSPS) is 20.5. The van der Waals surface area contributed by atoms with E-state index < -0.39 is 8.80 Å². The van der Waals surface area contributed by atoms with Crippen LogP contribution in [0.4, 0.5) is 0 Å². The average Bonchev–Trinajstić information content (AvgIpc) is 2.23. The summed E-state index contributed by atoms with van der Waals surface area (Å²) in [4.78, 5) is 0. The Morgan fingerprint density at radius 3 is 1.85 bits per heavy atom. The van der Waals surface area contributed by atoms with E-state index in [2.05, 4.69) is 0 Å². The Hall–Kier alpha value is 0.0569. The topological polar surface area (TPSA) is 36.9 Å². The molecule has 5 heteroatoms. The highest BCUT2D eigenvalue weighted by atomic mass is 28.4. The maximum Gasteiger partial charge on any atom is 0.503 e. The summed E-state index contributed by atoms with van der Waals surface area (Å²) in [7, 11) is 2.59. The lowest BCUT2D eigenvalue weighted by atomic mass is 10.2. The highest BCUT2D eigenvalue weighted by Gasteiger charge is 2.47. The molecule has 1 aliphatic rings. The second-order valence-corrected chi connectivity index (χ2v) is 6.35. The zero-order valence-electron chi connectivity index (χ0n) is 8.54. The number of hydrogen-bond donors (Lipinski definition) is 0. The summed E-state index contributed by atoms with van der Waals surface area (Å²) in [6, 6.07) is 0. The first-order valence-corrected chi connectivity index (χ1v) is 6.32. The first-order valence-electron chi connectivity index (χ1n) is 4.52. The van der Waals surface area contributed by atoms with Crippen molar-refractivity contribution in [3.8, 4) is 0 Å². The number of hydrogen-bond acceptors (Lipinski definition) is 4. The molecule has 1 rings (SSSR count). The zero-order valence-corrected chi connectivity index (χ0v) is 9.54. The van der Waals surface area contributed by atoms with Gasteiger partial charge in [0.25, 0.3) is 0 Å². The highest BCUT2D eigenvalue weighted by Crippen LogP contribution is 2.33. The minimum absolute atomic E-state index is 0.390. The highest BCUT2D eigenvalue weighted by molar-refractivity contribution is 6.62. The van der Waals surface area contributed by atoms with E-state index in [1.165, 1.54) is 0 Å². The van der Waals surface area contributed by atoms with Gasteiger partial charge in [-0.1, -0.05) is 0 Å². The van der Waals surface area contributed by atoms with Crippen LogP contribution in [-0.4, -0.2) is 43.3 Å². The maximum atomic E-state index is 5.41. The van der Waals surface area contributed by atoms with E-state index in [9.17, 15) is 0 Å². The summed E-state index contributed by atoms with van der Waals surface area (Å²) in [6.45, 7) is 1.57. The lowest BCUT2D eigenvalue weighted by Gasteiger charge is -2.34. The van der Waals surface area contributed by atoms with Gasteiger partial charge in [-0.2, -0.15) is 0 Å². The molecule has 0 amide bonds. The van der Waals surface area contributed by atoms with Crippen LogP contribution in [0.25, 0.3) is 0 Å². The summed E-state index contributed by atoms with van der Waals surface area (Å²) < 4.78 is 21.5. The van der Waals surface area contributed by atoms with Crippen molar-refractivity contribution in [3.63, 3.8) is 0 Å². The Labute approximate surface area is 80.5 Å².